The van der Waals surface area contributed by atoms with E-state index in [1.54, 1.807) is 18.2 Å². The summed E-state index contributed by atoms with van der Waals surface area (Å²) in [4.78, 5) is 0.0129. The monoisotopic (exact) mass is 409 g/mol. The lowest BCUT2D eigenvalue weighted by molar-refractivity contribution is 0.417. The highest BCUT2D eigenvalue weighted by atomic mass is 79.9. The average molecular weight is 411 g/mol. The predicted molar refractivity (Wildman–Crippen MR) is 88.0 cm³/mol. The molecule has 0 bridgehead atoms. The van der Waals surface area contributed by atoms with Gasteiger partial charge in [0.05, 0.1) is 27.7 Å². The summed E-state index contributed by atoms with van der Waals surface area (Å²) in [5.74, 6) is 0.404. The van der Waals surface area contributed by atoms with Crippen molar-refractivity contribution in [2.24, 2.45) is 0 Å². The maximum absolute atomic E-state index is 12.4. The summed E-state index contributed by atoms with van der Waals surface area (Å²) in [5.41, 5.74) is 0.318. The van der Waals surface area contributed by atoms with Crippen molar-refractivity contribution in [3.05, 3.63) is 50.9 Å². The molecule has 0 aromatic heterocycles. The van der Waals surface area contributed by atoms with Crippen molar-refractivity contribution >= 4 is 54.8 Å². The zero-order valence-electron chi connectivity index (χ0n) is 10.7. The van der Waals surface area contributed by atoms with Gasteiger partial charge in [-0.05, 0) is 36.4 Å². The van der Waals surface area contributed by atoms with E-state index in [1.807, 2.05) is 0 Å². The van der Waals surface area contributed by atoms with Gasteiger partial charge in [0.25, 0.3) is 10.0 Å². The Morgan fingerprint density at radius 3 is 2.43 bits per heavy atom. The van der Waals surface area contributed by atoms with Crippen LogP contribution in [0.2, 0.25) is 10.0 Å². The highest BCUT2D eigenvalue weighted by Crippen LogP contribution is 2.31. The molecule has 0 heterocycles. The van der Waals surface area contributed by atoms with E-state index in [-0.39, 0.29) is 14.9 Å². The van der Waals surface area contributed by atoms with Crippen LogP contribution in [0.15, 0.2) is 45.8 Å². The van der Waals surface area contributed by atoms with Crippen molar-refractivity contribution in [2.45, 2.75) is 4.90 Å². The van der Waals surface area contributed by atoms with Gasteiger partial charge in [0.2, 0.25) is 0 Å². The molecule has 0 amide bonds. The lowest BCUT2D eigenvalue weighted by atomic mass is 10.3. The fourth-order valence-electron chi connectivity index (χ4n) is 1.61. The van der Waals surface area contributed by atoms with E-state index in [4.69, 9.17) is 27.9 Å². The van der Waals surface area contributed by atoms with Crippen LogP contribution in [0.25, 0.3) is 0 Å². The standard InChI is InChI=1S/C13H10BrCl2NO3S/c1-20-13-5-2-8(14)6-12(13)17-21(18,19)9-3-4-10(15)11(16)7-9/h2-7,17H,1H3. The molecule has 0 radical (unpaired) electrons. The molecule has 8 heteroatoms. The lowest BCUT2D eigenvalue weighted by Crippen LogP contribution is -2.13. The topological polar surface area (TPSA) is 55.4 Å². The SMILES string of the molecule is COc1ccc(Br)cc1NS(=O)(=O)c1ccc(Cl)c(Cl)c1. The molecule has 112 valence electrons. The van der Waals surface area contributed by atoms with Gasteiger partial charge in [-0.2, -0.15) is 0 Å². The lowest BCUT2D eigenvalue weighted by Gasteiger charge is -2.12. The van der Waals surface area contributed by atoms with E-state index >= 15 is 0 Å². The summed E-state index contributed by atoms with van der Waals surface area (Å²) < 4.78 is 33.0. The second kappa shape index (κ2) is 6.44. The summed E-state index contributed by atoms with van der Waals surface area (Å²) in [6.07, 6.45) is 0. The van der Waals surface area contributed by atoms with Crippen LogP contribution in [-0.4, -0.2) is 15.5 Å². The molecule has 1 N–H and O–H groups in total. The summed E-state index contributed by atoms with van der Waals surface area (Å²) >= 11 is 14.9. The normalized spacial score (nSPS) is 11.2. The van der Waals surface area contributed by atoms with Crippen LogP contribution in [0.4, 0.5) is 5.69 Å². The minimum absolute atomic E-state index is 0.0129. The van der Waals surface area contributed by atoms with Gasteiger partial charge in [0.1, 0.15) is 5.75 Å². The first-order valence-corrected chi connectivity index (χ1v) is 8.68. The number of nitrogens with one attached hydrogen (secondary N) is 1. The van der Waals surface area contributed by atoms with E-state index in [0.29, 0.717) is 11.4 Å². The number of rotatable bonds is 4. The van der Waals surface area contributed by atoms with Gasteiger partial charge in [-0.1, -0.05) is 39.1 Å². The molecule has 21 heavy (non-hydrogen) atoms. The number of ether oxygens (including phenoxy) is 1. The van der Waals surface area contributed by atoms with Crippen LogP contribution in [0.5, 0.6) is 5.75 Å². The smallest absolute Gasteiger partial charge is 0.262 e. The molecule has 0 unspecified atom stereocenters. The molecular formula is C13H10BrCl2NO3S. The molecule has 0 spiro atoms. The van der Waals surface area contributed by atoms with Crippen LogP contribution in [0.1, 0.15) is 0 Å². The Bertz CT molecular complexity index is 781. The first kappa shape index (κ1) is 16.4. The van der Waals surface area contributed by atoms with Gasteiger partial charge in [-0.3, -0.25) is 4.72 Å². The van der Waals surface area contributed by atoms with E-state index < -0.39 is 10.0 Å². The zero-order chi connectivity index (χ0) is 15.6. The summed E-state index contributed by atoms with van der Waals surface area (Å²) in [6, 6.07) is 9.09. The molecule has 0 fully saturated rings. The van der Waals surface area contributed by atoms with Gasteiger partial charge < -0.3 is 4.74 Å². The Kier molecular flexibility index (Phi) is 5.03. The highest BCUT2D eigenvalue weighted by Gasteiger charge is 2.18. The molecule has 2 rings (SSSR count). The van der Waals surface area contributed by atoms with Crippen molar-refractivity contribution in [1.29, 1.82) is 0 Å². The minimum atomic E-state index is -3.80. The number of hydrogen-bond acceptors (Lipinski definition) is 3. The molecule has 0 atom stereocenters. The Morgan fingerprint density at radius 1 is 1.10 bits per heavy atom. The molecule has 0 aliphatic rings. The van der Waals surface area contributed by atoms with Crippen LogP contribution >= 0.6 is 39.1 Å². The average Bonchev–Trinajstić information content (AvgIpc) is 2.41. The number of halogens is 3. The van der Waals surface area contributed by atoms with E-state index in [9.17, 15) is 8.42 Å². The highest BCUT2D eigenvalue weighted by molar-refractivity contribution is 9.10. The Morgan fingerprint density at radius 2 is 1.81 bits per heavy atom. The fraction of sp³-hybridized carbons (Fsp3) is 0.0769. The molecular weight excluding hydrogens is 401 g/mol. The second-order valence-corrected chi connectivity index (χ2v) is 7.44. The maximum Gasteiger partial charge on any atom is 0.262 e. The number of sulfonamides is 1. The molecule has 0 saturated heterocycles. The number of anilines is 1. The zero-order valence-corrected chi connectivity index (χ0v) is 14.6. The molecule has 0 aliphatic heterocycles. The van der Waals surface area contributed by atoms with Crippen molar-refractivity contribution < 1.29 is 13.2 Å². The quantitative estimate of drug-likeness (QED) is 0.803. The molecule has 0 saturated carbocycles. The van der Waals surface area contributed by atoms with Crippen LogP contribution in [-0.2, 0) is 10.0 Å². The first-order valence-electron chi connectivity index (χ1n) is 5.65. The van der Waals surface area contributed by atoms with E-state index in [1.165, 1.54) is 25.3 Å². The summed E-state index contributed by atoms with van der Waals surface area (Å²) in [5, 5.41) is 0.455. The van der Waals surface area contributed by atoms with Gasteiger partial charge in [0, 0.05) is 4.47 Å². The Balaban J connectivity index is 2.41. The van der Waals surface area contributed by atoms with Crippen molar-refractivity contribution in [3.8, 4) is 5.75 Å². The molecule has 2 aromatic rings. The molecule has 0 aliphatic carbocycles. The van der Waals surface area contributed by atoms with Crippen LogP contribution in [0, 0.1) is 0 Å². The van der Waals surface area contributed by atoms with Crippen LogP contribution < -0.4 is 9.46 Å². The Labute approximate surface area is 141 Å². The Hall–Kier alpha value is -0.950. The van der Waals surface area contributed by atoms with Crippen molar-refractivity contribution in [3.63, 3.8) is 0 Å². The largest absolute Gasteiger partial charge is 0.495 e. The van der Waals surface area contributed by atoms with Gasteiger partial charge in [-0.15, -0.1) is 0 Å². The first-order chi connectivity index (χ1) is 9.83. The maximum atomic E-state index is 12.4. The van der Waals surface area contributed by atoms with Gasteiger partial charge >= 0.3 is 0 Å². The molecule has 4 nitrogen and oxygen atoms in total. The molecule has 2 aromatic carbocycles. The number of benzene rings is 2. The number of hydrogen-bond donors (Lipinski definition) is 1. The van der Waals surface area contributed by atoms with E-state index in [2.05, 4.69) is 20.7 Å². The van der Waals surface area contributed by atoms with Gasteiger partial charge in [0.15, 0.2) is 0 Å². The third kappa shape index (κ3) is 3.83. The fourth-order valence-corrected chi connectivity index (χ4v) is 3.42. The second-order valence-electron chi connectivity index (χ2n) is 4.03. The van der Waals surface area contributed by atoms with Crippen molar-refractivity contribution in [1.82, 2.24) is 0 Å². The predicted octanol–water partition coefficient (Wildman–Crippen LogP) is 4.57. The summed E-state index contributed by atoms with van der Waals surface area (Å²) in [6.45, 7) is 0. The third-order valence-electron chi connectivity index (χ3n) is 2.61. The third-order valence-corrected chi connectivity index (χ3v) is 5.20. The van der Waals surface area contributed by atoms with Crippen LogP contribution in [0.3, 0.4) is 0 Å². The number of methoxy groups -OCH3 is 1. The summed E-state index contributed by atoms with van der Waals surface area (Å²) in [7, 11) is -2.34. The van der Waals surface area contributed by atoms with Crippen molar-refractivity contribution in [2.75, 3.05) is 11.8 Å². The van der Waals surface area contributed by atoms with Gasteiger partial charge in [-0.25, -0.2) is 8.42 Å². The van der Waals surface area contributed by atoms with E-state index in [0.717, 1.165) is 4.47 Å². The minimum Gasteiger partial charge on any atom is -0.495 e.